The molecule has 0 amide bonds. The van der Waals surface area contributed by atoms with Gasteiger partial charge in [-0.15, -0.1) is 5.11 Å². The molecule has 0 aliphatic rings. The number of rotatable bonds is 2. The summed E-state index contributed by atoms with van der Waals surface area (Å²) in [6, 6.07) is 17.4. The smallest absolute Gasteiger partial charge is 1.00 e. The number of aryl methyl sites for hydroxylation is 2. The summed E-state index contributed by atoms with van der Waals surface area (Å²) in [7, 11) is 0. The topological polar surface area (TPSA) is 45.0 Å². The zero-order valence-corrected chi connectivity index (χ0v) is 18.0. The molecule has 23 heavy (non-hydrogen) atoms. The number of benzene rings is 3. The molecule has 0 bridgehead atoms. The molecule has 3 aromatic rings. The van der Waals surface area contributed by atoms with Crippen LogP contribution in [0.3, 0.4) is 0 Å². The first-order valence-electron chi connectivity index (χ1n) is 6.85. The molecule has 3 rings (SSSR count). The van der Waals surface area contributed by atoms with Crippen molar-refractivity contribution < 1.29 is 67.1 Å². The van der Waals surface area contributed by atoms with E-state index in [0.717, 1.165) is 22.0 Å². The van der Waals surface area contributed by atoms with Crippen LogP contribution < -0.4 is 59.1 Å². The van der Waals surface area contributed by atoms with E-state index in [-0.39, 0.29) is 67.7 Å². The van der Waals surface area contributed by atoms with Crippen LogP contribution in [-0.2, 0) is 0 Å². The zero-order chi connectivity index (χ0) is 14.8. The van der Waals surface area contributed by atoms with Gasteiger partial charge >= 0.3 is 59.1 Å². The van der Waals surface area contributed by atoms with Crippen LogP contribution in [0.25, 0.3) is 10.8 Å². The van der Waals surface area contributed by atoms with Crippen molar-refractivity contribution in [1.82, 2.24) is 0 Å². The first-order valence-corrected chi connectivity index (χ1v) is 6.85. The molecule has 0 saturated carbocycles. The van der Waals surface area contributed by atoms with Crippen LogP contribution in [0.1, 0.15) is 14.0 Å². The third-order valence-corrected chi connectivity index (χ3v) is 3.49. The molecule has 0 aliphatic carbocycles. The van der Waals surface area contributed by atoms with Crippen molar-refractivity contribution in [2.45, 2.75) is 13.8 Å². The van der Waals surface area contributed by atoms with Crippen molar-refractivity contribution in [1.29, 1.82) is 0 Å². The zero-order valence-electron chi connectivity index (χ0n) is 16.0. The Morgan fingerprint density at radius 2 is 1.61 bits per heavy atom. The molecule has 3 nitrogen and oxygen atoms in total. The molecule has 108 valence electrons. The second-order valence-corrected chi connectivity index (χ2v) is 5.14. The molecule has 5 heteroatoms. The van der Waals surface area contributed by atoms with Gasteiger partial charge in [0.25, 0.3) is 0 Å². The largest absolute Gasteiger partial charge is 1.00 e. The first-order chi connectivity index (χ1) is 10.1. The second-order valence-electron chi connectivity index (χ2n) is 5.14. The van der Waals surface area contributed by atoms with Crippen molar-refractivity contribution in [2.75, 3.05) is 0 Å². The van der Waals surface area contributed by atoms with E-state index in [9.17, 15) is 5.11 Å². The van der Waals surface area contributed by atoms with Crippen molar-refractivity contribution >= 4 is 22.1 Å². The van der Waals surface area contributed by atoms with Crippen LogP contribution in [0.2, 0.25) is 0 Å². The molecule has 0 aromatic heterocycles. The van der Waals surface area contributed by atoms with Gasteiger partial charge in [0.15, 0.2) is 0 Å². The Kier molecular flexibility index (Phi) is 7.95. The van der Waals surface area contributed by atoms with Gasteiger partial charge in [0.05, 0.1) is 5.69 Å². The van der Waals surface area contributed by atoms with Crippen molar-refractivity contribution in [3.05, 3.63) is 65.7 Å². The Labute approximate surface area is 183 Å². The second kappa shape index (κ2) is 8.97. The minimum absolute atomic E-state index is 0. The molecule has 0 unspecified atom stereocenters. The van der Waals surface area contributed by atoms with Gasteiger partial charge in [0, 0.05) is 5.39 Å². The van der Waals surface area contributed by atoms with Crippen LogP contribution in [0.4, 0.5) is 11.4 Å². The minimum atomic E-state index is 0. The number of nitrogens with zero attached hydrogens (tertiary/aromatic N) is 2. The molecule has 0 radical (unpaired) electrons. The molecular weight excluding hydrogens is 306 g/mol. The summed E-state index contributed by atoms with van der Waals surface area (Å²) in [4.78, 5) is 0. The quantitative estimate of drug-likeness (QED) is 0.515. The molecule has 0 atom stereocenters. The molecular formula is C18H18N2Na2O. The van der Waals surface area contributed by atoms with E-state index in [4.69, 9.17) is 0 Å². The number of phenolic OH excluding ortho intramolecular Hbond substituents is 1. The van der Waals surface area contributed by atoms with Crippen LogP contribution in [0, 0.1) is 13.8 Å². The van der Waals surface area contributed by atoms with Crippen LogP contribution >= 0.6 is 0 Å². The summed E-state index contributed by atoms with van der Waals surface area (Å²) in [5, 5.41) is 20.5. The third kappa shape index (κ3) is 4.66. The maximum atomic E-state index is 10.0. The van der Waals surface area contributed by atoms with Crippen LogP contribution in [0.5, 0.6) is 5.75 Å². The van der Waals surface area contributed by atoms with Crippen molar-refractivity contribution in [3.63, 3.8) is 0 Å². The Bertz CT molecular complexity index is 858. The van der Waals surface area contributed by atoms with Gasteiger partial charge in [0.1, 0.15) is 11.4 Å². The summed E-state index contributed by atoms with van der Waals surface area (Å²) in [6.45, 7) is 4.05. The van der Waals surface area contributed by atoms with Crippen LogP contribution in [0.15, 0.2) is 64.8 Å². The normalized spacial score (nSPS) is 10.3. The molecule has 0 fully saturated rings. The fourth-order valence-electron chi connectivity index (χ4n) is 2.37. The summed E-state index contributed by atoms with van der Waals surface area (Å²) >= 11 is 0. The number of phenols is 1. The molecule has 0 aliphatic heterocycles. The van der Waals surface area contributed by atoms with Crippen LogP contribution in [-0.4, -0.2) is 5.11 Å². The van der Waals surface area contributed by atoms with E-state index in [1.165, 1.54) is 5.56 Å². The molecule has 1 N–H and O–H groups in total. The summed E-state index contributed by atoms with van der Waals surface area (Å²) in [5.74, 6) is 0.141. The standard InChI is InChI=1S/C18H16N2O.2Na.2H/c1-12-7-9-16(13(2)11-12)19-20-18-15-6-4-3-5-14(15)8-10-17(18)21;;;;/h3-11,21H,1-2H3;;;;/q;2*+1;2*-1. The van der Waals surface area contributed by atoms with Crippen molar-refractivity contribution in [2.24, 2.45) is 10.2 Å². The minimum Gasteiger partial charge on any atom is -1.00 e. The molecule has 0 heterocycles. The Morgan fingerprint density at radius 1 is 0.870 bits per heavy atom. The van der Waals surface area contributed by atoms with E-state index in [2.05, 4.69) is 16.3 Å². The maximum Gasteiger partial charge on any atom is 1.00 e. The van der Waals surface area contributed by atoms with E-state index in [0.29, 0.717) is 5.69 Å². The average molecular weight is 324 g/mol. The summed E-state index contributed by atoms with van der Waals surface area (Å²) in [5.41, 5.74) is 3.58. The predicted octanol–water partition coefficient (Wildman–Crippen LogP) is -0.189. The van der Waals surface area contributed by atoms with Gasteiger partial charge in [-0.05, 0) is 36.9 Å². The van der Waals surface area contributed by atoms with E-state index < -0.39 is 0 Å². The number of hydrogen-bond donors (Lipinski definition) is 1. The summed E-state index contributed by atoms with van der Waals surface area (Å²) in [6.07, 6.45) is 0. The predicted molar refractivity (Wildman–Crippen MR) is 87.9 cm³/mol. The van der Waals surface area contributed by atoms with Gasteiger partial charge in [-0.1, -0.05) is 48.0 Å². The number of azo groups is 1. The van der Waals surface area contributed by atoms with Gasteiger partial charge in [-0.3, -0.25) is 0 Å². The average Bonchev–Trinajstić information content (AvgIpc) is 2.48. The van der Waals surface area contributed by atoms with Gasteiger partial charge in [0.2, 0.25) is 0 Å². The fourth-order valence-corrected chi connectivity index (χ4v) is 2.37. The number of hydrogen-bond acceptors (Lipinski definition) is 3. The monoisotopic (exact) mass is 324 g/mol. The Hall–Kier alpha value is -0.680. The molecule has 3 aromatic carbocycles. The number of aromatic hydroxyl groups is 1. The van der Waals surface area contributed by atoms with E-state index >= 15 is 0 Å². The number of fused-ring (bicyclic) bond motifs is 1. The fraction of sp³-hybridized carbons (Fsp3) is 0.111. The van der Waals surface area contributed by atoms with Crippen molar-refractivity contribution in [3.8, 4) is 5.75 Å². The van der Waals surface area contributed by atoms with E-state index in [1.807, 2.05) is 56.3 Å². The third-order valence-electron chi connectivity index (χ3n) is 3.49. The van der Waals surface area contributed by atoms with Gasteiger partial charge in [-0.2, -0.15) is 5.11 Å². The summed E-state index contributed by atoms with van der Waals surface area (Å²) < 4.78 is 0. The first kappa shape index (κ1) is 20.4. The Morgan fingerprint density at radius 3 is 2.35 bits per heavy atom. The maximum absolute atomic E-state index is 10.0. The molecule has 0 spiro atoms. The van der Waals surface area contributed by atoms with Gasteiger partial charge in [-0.25, -0.2) is 0 Å². The SMILES string of the molecule is Cc1ccc(N=Nc2c(O)ccc3ccccc23)c(C)c1.[H-].[H-].[Na+].[Na+]. The Balaban J connectivity index is 0. The molecule has 0 saturated heterocycles. The van der Waals surface area contributed by atoms with E-state index in [1.54, 1.807) is 6.07 Å². The van der Waals surface area contributed by atoms with Gasteiger partial charge < -0.3 is 7.96 Å².